The van der Waals surface area contributed by atoms with Crippen molar-refractivity contribution < 1.29 is 19.2 Å². The molecule has 1 aromatic carbocycles. The van der Waals surface area contributed by atoms with Crippen LogP contribution in [0.5, 0.6) is 0 Å². The molecule has 2 rings (SSSR count). The molecule has 2 aromatic rings. The second-order valence-electron chi connectivity index (χ2n) is 5.62. The Hall–Kier alpha value is -2.94. The van der Waals surface area contributed by atoms with Gasteiger partial charge >= 0.3 is 5.97 Å². The van der Waals surface area contributed by atoms with Crippen LogP contribution in [0.4, 0.5) is 11.4 Å². The first-order valence-corrected chi connectivity index (χ1v) is 7.95. The van der Waals surface area contributed by atoms with Gasteiger partial charge in [-0.15, -0.1) is 0 Å². The lowest BCUT2D eigenvalue weighted by atomic mass is 10.2. The number of halogens is 1. The Kier molecular flexibility index (Phi) is 5.61. The molecule has 1 N–H and O–H groups in total. The highest BCUT2D eigenvalue weighted by molar-refractivity contribution is 6.31. The molecule has 0 fully saturated rings. The fourth-order valence-electron chi connectivity index (χ4n) is 2.29. The number of amides is 1. The van der Waals surface area contributed by atoms with Gasteiger partial charge in [0.1, 0.15) is 5.56 Å². The average molecular weight is 381 g/mol. The van der Waals surface area contributed by atoms with Crippen LogP contribution in [0.1, 0.15) is 28.7 Å². The van der Waals surface area contributed by atoms with Crippen molar-refractivity contribution in [2.24, 2.45) is 7.05 Å². The number of aryl methyl sites for hydroxylation is 2. The first-order chi connectivity index (χ1) is 12.1. The van der Waals surface area contributed by atoms with Gasteiger partial charge in [-0.2, -0.15) is 5.10 Å². The Labute approximate surface area is 154 Å². The minimum Gasteiger partial charge on any atom is -0.449 e. The van der Waals surface area contributed by atoms with Gasteiger partial charge in [-0.25, -0.2) is 4.79 Å². The summed E-state index contributed by atoms with van der Waals surface area (Å²) in [6, 6.07) is 3.52. The number of hydrogen-bond acceptors (Lipinski definition) is 6. The Morgan fingerprint density at radius 1 is 1.38 bits per heavy atom. The molecule has 0 bridgehead atoms. The molecule has 10 heteroatoms. The minimum absolute atomic E-state index is 0.140. The number of hydrogen-bond donors (Lipinski definition) is 1. The van der Waals surface area contributed by atoms with E-state index in [9.17, 15) is 19.7 Å². The van der Waals surface area contributed by atoms with Crippen molar-refractivity contribution in [1.29, 1.82) is 0 Å². The third kappa shape index (κ3) is 3.99. The molecule has 0 spiro atoms. The Morgan fingerprint density at radius 2 is 2.04 bits per heavy atom. The van der Waals surface area contributed by atoms with Gasteiger partial charge in [0.25, 0.3) is 11.6 Å². The molecular weight excluding hydrogens is 364 g/mol. The molecule has 1 heterocycles. The van der Waals surface area contributed by atoms with Gasteiger partial charge in [0.2, 0.25) is 0 Å². The number of benzene rings is 1. The topological polar surface area (TPSA) is 116 Å². The van der Waals surface area contributed by atoms with Crippen molar-refractivity contribution in [3.8, 4) is 0 Å². The number of esters is 1. The van der Waals surface area contributed by atoms with Crippen LogP contribution in [-0.4, -0.2) is 32.7 Å². The van der Waals surface area contributed by atoms with E-state index < -0.39 is 28.6 Å². The number of rotatable bonds is 5. The third-order valence-corrected chi connectivity index (χ3v) is 4.02. The number of nitro groups is 1. The highest BCUT2D eigenvalue weighted by Crippen LogP contribution is 2.24. The van der Waals surface area contributed by atoms with Crippen LogP contribution < -0.4 is 5.32 Å². The van der Waals surface area contributed by atoms with Crippen LogP contribution in [0.3, 0.4) is 0 Å². The lowest BCUT2D eigenvalue weighted by Gasteiger charge is -2.14. The van der Waals surface area contributed by atoms with Crippen molar-refractivity contribution in [2.75, 3.05) is 5.32 Å². The molecular formula is C16H17ClN4O5. The molecule has 9 nitrogen and oxygen atoms in total. The van der Waals surface area contributed by atoms with E-state index in [0.29, 0.717) is 11.4 Å². The third-order valence-electron chi connectivity index (χ3n) is 3.79. The Morgan fingerprint density at radius 3 is 2.58 bits per heavy atom. The summed E-state index contributed by atoms with van der Waals surface area (Å²) in [5.74, 6) is -1.59. The van der Waals surface area contributed by atoms with Gasteiger partial charge in [-0.3, -0.25) is 19.6 Å². The summed E-state index contributed by atoms with van der Waals surface area (Å²) < 4.78 is 6.67. The molecule has 0 aliphatic heterocycles. The van der Waals surface area contributed by atoms with Crippen molar-refractivity contribution in [1.82, 2.24) is 9.78 Å². The van der Waals surface area contributed by atoms with Gasteiger partial charge < -0.3 is 10.1 Å². The molecule has 0 aliphatic carbocycles. The predicted octanol–water partition coefficient (Wildman–Crippen LogP) is 2.78. The quantitative estimate of drug-likeness (QED) is 0.484. The summed E-state index contributed by atoms with van der Waals surface area (Å²) in [4.78, 5) is 34.9. The van der Waals surface area contributed by atoms with Gasteiger partial charge in [0.05, 0.1) is 22.0 Å². The zero-order chi connectivity index (χ0) is 19.6. The van der Waals surface area contributed by atoms with Crippen LogP contribution in [0.25, 0.3) is 0 Å². The Balaban J connectivity index is 2.15. The van der Waals surface area contributed by atoms with Gasteiger partial charge in [-0.1, -0.05) is 11.6 Å². The van der Waals surface area contributed by atoms with Gasteiger partial charge in [-0.05, 0) is 32.9 Å². The Bertz CT molecular complexity index is 893. The number of anilines is 1. The minimum atomic E-state index is -1.18. The maximum atomic E-state index is 12.3. The van der Waals surface area contributed by atoms with E-state index in [0.717, 1.165) is 17.8 Å². The molecule has 0 saturated heterocycles. The van der Waals surface area contributed by atoms with Crippen LogP contribution in [0, 0.1) is 24.0 Å². The zero-order valence-corrected chi connectivity index (χ0v) is 15.3. The monoisotopic (exact) mass is 380 g/mol. The fraction of sp³-hybridized carbons (Fsp3) is 0.312. The highest BCUT2D eigenvalue weighted by atomic mass is 35.5. The van der Waals surface area contributed by atoms with Crippen molar-refractivity contribution >= 4 is 34.9 Å². The van der Waals surface area contributed by atoms with E-state index in [1.165, 1.54) is 13.0 Å². The maximum absolute atomic E-state index is 12.3. The number of carbonyl (C=O) groups excluding carboxylic acids is 2. The molecule has 1 amide bonds. The van der Waals surface area contributed by atoms with E-state index in [1.807, 2.05) is 0 Å². The van der Waals surface area contributed by atoms with E-state index in [2.05, 4.69) is 10.4 Å². The molecule has 0 radical (unpaired) electrons. The van der Waals surface area contributed by atoms with E-state index in [1.54, 1.807) is 25.6 Å². The first kappa shape index (κ1) is 19.4. The summed E-state index contributed by atoms with van der Waals surface area (Å²) >= 11 is 5.79. The van der Waals surface area contributed by atoms with Crippen LogP contribution in [0.15, 0.2) is 18.2 Å². The molecule has 0 aliphatic rings. The lowest BCUT2D eigenvalue weighted by molar-refractivity contribution is -0.385. The molecule has 0 unspecified atom stereocenters. The standard InChI is InChI=1S/C16H17ClN4O5/c1-8-14(9(2)20(4)19-8)18-15(22)10(3)26-16(23)12-7-11(17)5-6-13(12)21(24)25/h5-7,10H,1-4H3,(H,18,22)/t10-/m1/s1. The number of ether oxygens (including phenoxy) is 1. The van der Waals surface area contributed by atoms with Crippen LogP contribution in [-0.2, 0) is 16.6 Å². The van der Waals surface area contributed by atoms with E-state index >= 15 is 0 Å². The number of carbonyl (C=O) groups is 2. The summed E-state index contributed by atoms with van der Waals surface area (Å²) in [5, 5.41) is 18.0. The van der Waals surface area contributed by atoms with Gasteiger partial charge in [0.15, 0.2) is 6.10 Å². The highest BCUT2D eigenvalue weighted by Gasteiger charge is 2.26. The molecule has 0 saturated carbocycles. The molecule has 26 heavy (non-hydrogen) atoms. The van der Waals surface area contributed by atoms with Crippen molar-refractivity contribution in [3.63, 3.8) is 0 Å². The average Bonchev–Trinajstić information content (AvgIpc) is 2.80. The number of nitrogens with one attached hydrogen (secondary N) is 1. The summed E-state index contributed by atoms with van der Waals surface area (Å²) in [6.07, 6.45) is -1.18. The maximum Gasteiger partial charge on any atom is 0.345 e. The lowest BCUT2D eigenvalue weighted by Crippen LogP contribution is -2.30. The number of aromatic nitrogens is 2. The summed E-state index contributed by atoms with van der Waals surface area (Å²) in [7, 11) is 1.74. The number of nitrogens with zero attached hydrogens (tertiary/aromatic N) is 3. The summed E-state index contributed by atoms with van der Waals surface area (Å²) in [5.41, 5.74) is 1.10. The normalized spacial score (nSPS) is 11.7. The summed E-state index contributed by atoms with van der Waals surface area (Å²) in [6.45, 7) is 4.88. The second kappa shape index (κ2) is 7.52. The smallest absolute Gasteiger partial charge is 0.345 e. The molecule has 1 aromatic heterocycles. The molecule has 138 valence electrons. The van der Waals surface area contributed by atoms with E-state index in [4.69, 9.17) is 16.3 Å². The predicted molar refractivity (Wildman–Crippen MR) is 94.3 cm³/mol. The SMILES string of the molecule is Cc1nn(C)c(C)c1NC(=O)[C@@H](C)OC(=O)c1cc(Cl)ccc1[N+](=O)[O-]. The van der Waals surface area contributed by atoms with E-state index in [-0.39, 0.29) is 10.6 Å². The zero-order valence-electron chi connectivity index (χ0n) is 14.6. The van der Waals surface area contributed by atoms with Gasteiger partial charge in [0, 0.05) is 18.1 Å². The van der Waals surface area contributed by atoms with Crippen molar-refractivity contribution in [2.45, 2.75) is 26.9 Å². The largest absolute Gasteiger partial charge is 0.449 e. The first-order valence-electron chi connectivity index (χ1n) is 7.57. The van der Waals surface area contributed by atoms with Crippen LogP contribution >= 0.6 is 11.6 Å². The molecule has 1 atom stereocenters. The van der Waals surface area contributed by atoms with Crippen molar-refractivity contribution in [3.05, 3.63) is 50.3 Å². The second-order valence-corrected chi connectivity index (χ2v) is 6.06. The van der Waals surface area contributed by atoms with Crippen LogP contribution in [0.2, 0.25) is 5.02 Å². The fourth-order valence-corrected chi connectivity index (χ4v) is 2.46. The number of nitro benzene ring substituents is 1.